The van der Waals surface area contributed by atoms with Crippen LogP contribution in [0.1, 0.15) is 47.2 Å². The maximum absolute atomic E-state index is 12.8. The van der Waals surface area contributed by atoms with Crippen LogP contribution in [0.3, 0.4) is 0 Å². The van der Waals surface area contributed by atoms with E-state index in [0.29, 0.717) is 5.56 Å². The second kappa shape index (κ2) is 8.27. The number of pyridine rings is 1. The van der Waals surface area contributed by atoms with E-state index in [4.69, 9.17) is 0 Å². The van der Waals surface area contributed by atoms with Crippen LogP contribution in [0.5, 0.6) is 0 Å². The van der Waals surface area contributed by atoms with E-state index in [1.807, 2.05) is 54.6 Å². The molecule has 1 aromatic heterocycles. The molecule has 2 amide bonds. The SMILES string of the molecule is CN(C(=O)c1cc(C(=O)Nc2ccccc2C(C)(C)C)ccn1)c1ccccc1. The number of amides is 2. The minimum absolute atomic E-state index is 0.109. The second-order valence-electron chi connectivity index (χ2n) is 7.88. The molecule has 29 heavy (non-hydrogen) atoms. The number of hydrogen-bond acceptors (Lipinski definition) is 3. The molecule has 0 fully saturated rings. The van der Waals surface area contributed by atoms with E-state index in [0.717, 1.165) is 16.9 Å². The molecule has 1 heterocycles. The molecule has 0 bridgehead atoms. The van der Waals surface area contributed by atoms with Crippen LogP contribution in [-0.2, 0) is 5.41 Å². The third-order valence-corrected chi connectivity index (χ3v) is 4.67. The van der Waals surface area contributed by atoms with Crippen molar-refractivity contribution in [1.82, 2.24) is 4.98 Å². The van der Waals surface area contributed by atoms with Crippen LogP contribution in [0.25, 0.3) is 0 Å². The van der Waals surface area contributed by atoms with Gasteiger partial charge in [0.05, 0.1) is 0 Å². The Hall–Kier alpha value is -3.47. The molecule has 0 unspecified atom stereocenters. The third kappa shape index (κ3) is 4.69. The van der Waals surface area contributed by atoms with E-state index in [-0.39, 0.29) is 22.9 Å². The third-order valence-electron chi connectivity index (χ3n) is 4.67. The number of para-hydroxylation sites is 2. The number of nitrogens with zero attached hydrogens (tertiary/aromatic N) is 2. The van der Waals surface area contributed by atoms with E-state index in [1.165, 1.54) is 17.2 Å². The van der Waals surface area contributed by atoms with Crippen molar-refractivity contribution in [2.24, 2.45) is 0 Å². The van der Waals surface area contributed by atoms with Gasteiger partial charge in [0.25, 0.3) is 11.8 Å². The van der Waals surface area contributed by atoms with Crippen LogP contribution in [0, 0.1) is 0 Å². The molecule has 0 spiro atoms. The van der Waals surface area contributed by atoms with Gasteiger partial charge in [-0.3, -0.25) is 14.6 Å². The zero-order chi connectivity index (χ0) is 21.0. The van der Waals surface area contributed by atoms with Gasteiger partial charge < -0.3 is 10.2 Å². The molecule has 148 valence electrons. The lowest BCUT2D eigenvalue weighted by atomic mass is 9.86. The normalized spacial score (nSPS) is 11.0. The first-order chi connectivity index (χ1) is 13.8. The fourth-order valence-corrected chi connectivity index (χ4v) is 3.07. The molecule has 0 saturated carbocycles. The Morgan fingerprint density at radius 3 is 2.28 bits per heavy atom. The van der Waals surface area contributed by atoms with Crippen molar-refractivity contribution < 1.29 is 9.59 Å². The summed E-state index contributed by atoms with van der Waals surface area (Å²) in [6.45, 7) is 6.29. The van der Waals surface area contributed by atoms with E-state index in [2.05, 4.69) is 31.1 Å². The van der Waals surface area contributed by atoms with Gasteiger partial charge >= 0.3 is 0 Å². The molecular formula is C24H25N3O2. The number of benzene rings is 2. The van der Waals surface area contributed by atoms with E-state index >= 15 is 0 Å². The molecule has 0 radical (unpaired) electrons. The highest BCUT2D eigenvalue weighted by atomic mass is 16.2. The molecular weight excluding hydrogens is 362 g/mol. The van der Waals surface area contributed by atoms with Crippen molar-refractivity contribution in [2.45, 2.75) is 26.2 Å². The van der Waals surface area contributed by atoms with E-state index in [9.17, 15) is 9.59 Å². The van der Waals surface area contributed by atoms with Crippen molar-refractivity contribution in [3.05, 3.63) is 89.7 Å². The summed E-state index contributed by atoms with van der Waals surface area (Å²) in [5.74, 6) is -0.554. The summed E-state index contributed by atoms with van der Waals surface area (Å²) in [6.07, 6.45) is 1.48. The number of carbonyl (C=O) groups is 2. The highest BCUT2D eigenvalue weighted by Gasteiger charge is 2.20. The first-order valence-corrected chi connectivity index (χ1v) is 9.47. The van der Waals surface area contributed by atoms with Crippen LogP contribution in [0.2, 0.25) is 0 Å². The number of anilines is 2. The molecule has 3 aromatic rings. The molecule has 0 saturated heterocycles. The summed E-state index contributed by atoms with van der Waals surface area (Å²) in [7, 11) is 1.69. The summed E-state index contributed by atoms with van der Waals surface area (Å²) in [4.78, 5) is 31.3. The maximum Gasteiger partial charge on any atom is 0.276 e. The Labute approximate surface area is 171 Å². The number of hydrogen-bond donors (Lipinski definition) is 1. The second-order valence-corrected chi connectivity index (χ2v) is 7.88. The van der Waals surface area contributed by atoms with Crippen molar-refractivity contribution >= 4 is 23.2 Å². The predicted octanol–water partition coefficient (Wildman–Crippen LogP) is 4.91. The highest BCUT2D eigenvalue weighted by molar-refractivity contribution is 6.08. The fraction of sp³-hybridized carbons (Fsp3) is 0.208. The van der Waals surface area contributed by atoms with Crippen molar-refractivity contribution in [2.75, 3.05) is 17.3 Å². The van der Waals surface area contributed by atoms with Gasteiger partial charge in [-0.25, -0.2) is 0 Å². The summed E-state index contributed by atoms with van der Waals surface area (Å²) in [6, 6.07) is 20.2. The Morgan fingerprint density at radius 1 is 0.931 bits per heavy atom. The molecule has 2 aromatic carbocycles. The molecule has 0 aliphatic rings. The highest BCUT2D eigenvalue weighted by Crippen LogP contribution is 2.29. The number of aromatic nitrogens is 1. The number of carbonyl (C=O) groups excluding carboxylic acids is 2. The van der Waals surface area contributed by atoms with Gasteiger partial charge in [0.2, 0.25) is 0 Å². The molecule has 5 nitrogen and oxygen atoms in total. The predicted molar refractivity (Wildman–Crippen MR) is 117 cm³/mol. The van der Waals surface area contributed by atoms with Crippen molar-refractivity contribution in [1.29, 1.82) is 0 Å². The fourth-order valence-electron chi connectivity index (χ4n) is 3.07. The zero-order valence-electron chi connectivity index (χ0n) is 17.1. The number of rotatable bonds is 4. The lowest BCUT2D eigenvalue weighted by molar-refractivity contribution is 0.0988. The van der Waals surface area contributed by atoms with Crippen molar-refractivity contribution in [3.8, 4) is 0 Å². The first kappa shape index (κ1) is 20.3. The summed E-state index contributed by atoms with van der Waals surface area (Å²) < 4.78 is 0. The molecule has 0 atom stereocenters. The lowest BCUT2D eigenvalue weighted by Crippen LogP contribution is -2.27. The molecule has 3 rings (SSSR count). The standard InChI is InChI=1S/C24H25N3O2/c1-24(2,3)19-12-8-9-13-20(19)26-22(28)17-14-15-25-21(16-17)23(29)27(4)18-10-6-5-7-11-18/h5-16H,1-4H3,(H,26,28). The summed E-state index contributed by atoms with van der Waals surface area (Å²) in [5.41, 5.74) is 3.05. The average molecular weight is 387 g/mol. The summed E-state index contributed by atoms with van der Waals surface area (Å²) >= 11 is 0. The Balaban J connectivity index is 1.83. The van der Waals surface area contributed by atoms with E-state index in [1.54, 1.807) is 13.1 Å². The zero-order valence-corrected chi connectivity index (χ0v) is 17.1. The average Bonchev–Trinajstić information content (AvgIpc) is 2.73. The largest absolute Gasteiger partial charge is 0.322 e. The topological polar surface area (TPSA) is 62.3 Å². The Bertz CT molecular complexity index is 1020. The Morgan fingerprint density at radius 2 is 1.59 bits per heavy atom. The minimum atomic E-state index is -0.277. The molecule has 0 aliphatic carbocycles. The molecule has 1 N–H and O–H groups in total. The van der Waals surface area contributed by atoms with Crippen LogP contribution in [-0.4, -0.2) is 23.8 Å². The van der Waals surface area contributed by atoms with Crippen LogP contribution >= 0.6 is 0 Å². The van der Waals surface area contributed by atoms with Gasteiger partial charge in [0.15, 0.2) is 0 Å². The van der Waals surface area contributed by atoms with Gasteiger partial charge in [-0.05, 0) is 41.3 Å². The maximum atomic E-state index is 12.8. The van der Waals surface area contributed by atoms with Gasteiger partial charge in [-0.1, -0.05) is 57.2 Å². The van der Waals surface area contributed by atoms with Crippen molar-refractivity contribution in [3.63, 3.8) is 0 Å². The smallest absolute Gasteiger partial charge is 0.276 e. The monoisotopic (exact) mass is 387 g/mol. The lowest BCUT2D eigenvalue weighted by Gasteiger charge is -2.23. The quantitative estimate of drug-likeness (QED) is 0.692. The summed E-state index contributed by atoms with van der Waals surface area (Å²) in [5, 5.41) is 2.97. The van der Waals surface area contributed by atoms with E-state index < -0.39 is 0 Å². The number of nitrogens with one attached hydrogen (secondary N) is 1. The first-order valence-electron chi connectivity index (χ1n) is 9.47. The van der Waals surface area contributed by atoms with Crippen LogP contribution < -0.4 is 10.2 Å². The van der Waals surface area contributed by atoms with Gasteiger partial charge in [-0.15, -0.1) is 0 Å². The Kier molecular flexibility index (Phi) is 5.78. The van der Waals surface area contributed by atoms with Gasteiger partial charge in [0, 0.05) is 30.2 Å². The molecule has 0 aliphatic heterocycles. The van der Waals surface area contributed by atoms with Crippen LogP contribution in [0.15, 0.2) is 72.9 Å². The minimum Gasteiger partial charge on any atom is -0.322 e. The molecule has 5 heteroatoms. The van der Waals surface area contributed by atoms with Gasteiger partial charge in [0.1, 0.15) is 5.69 Å². The van der Waals surface area contributed by atoms with Crippen LogP contribution in [0.4, 0.5) is 11.4 Å². The van der Waals surface area contributed by atoms with Gasteiger partial charge in [-0.2, -0.15) is 0 Å².